The summed E-state index contributed by atoms with van der Waals surface area (Å²) in [6, 6.07) is 10.3. The predicted molar refractivity (Wildman–Crippen MR) is 90.8 cm³/mol. The molecule has 8 heteroatoms. The molecule has 0 radical (unpaired) electrons. The molecule has 2 aromatic carbocycles. The summed E-state index contributed by atoms with van der Waals surface area (Å²) in [7, 11) is 1.39. The van der Waals surface area contributed by atoms with Gasteiger partial charge in [-0.1, -0.05) is 6.07 Å². The molecule has 0 unspecified atom stereocenters. The van der Waals surface area contributed by atoms with Gasteiger partial charge in [0.1, 0.15) is 5.75 Å². The number of nitrogens with one attached hydrogen (secondary N) is 1. The number of anilines is 1. The van der Waals surface area contributed by atoms with Crippen LogP contribution < -0.4 is 14.8 Å². The second-order valence-electron chi connectivity index (χ2n) is 4.91. The van der Waals surface area contributed by atoms with Crippen molar-refractivity contribution in [3.63, 3.8) is 0 Å². The van der Waals surface area contributed by atoms with Crippen molar-refractivity contribution in [2.75, 3.05) is 18.2 Å². The van der Waals surface area contributed by atoms with Gasteiger partial charge in [-0.25, -0.2) is 4.39 Å². The van der Waals surface area contributed by atoms with Gasteiger partial charge in [0.15, 0.2) is 11.6 Å². The Kier molecular flexibility index (Phi) is 7.00. The summed E-state index contributed by atoms with van der Waals surface area (Å²) in [6.07, 6.45) is 0. The molecule has 134 valence electrons. The first-order valence-corrected chi connectivity index (χ1v) is 8.38. The lowest BCUT2D eigenvalue weighted by molar-refractivity contribution is -0.113. The lowest BCUT2D eigenvalue weighted by Crippen LogP contribution is -2.14. The SMILES string of the molecule is COc1ccc(CSCC(=O)Nc2ccc(OC(F)F)cc2)cc1F. The van der Waals surface area contributed by atoms with E-state index in [-0.39, 0.29) is 23.2 Å². The van der Waals surface area contributed by atoms with Crippen LogP contribution in [0.5, 0.6) is 11.5 Å². The van der Waals surface area contributed by atoms with Crippen LogP contribution in [-0.2, 0) is 10.5 Å². The lowest BCUT2D eigenvalue weighted by Gasteiger charge is -2.08. The van der Waals surface area contributed by atoms with Gasteiger partial charge in [-0.15, -0.1) is 11.8 Å². The fourth-order valence-corrected chi connectivity index (χ4v) is 2.75. The van der Waals surface area contributed by atoms with Crippen LogP contribution in [0.3, 0.4) is 0 Å². The van der Waals surface area contributed by atoms with Crippen LogP contribution in [0, 0.1) is 5.82 Å². The third-order valence-electron chi connectivity index (χ3n) is 3.08. The number of carbonyl (C=O) groups excluding carboxylic acids is 1. The summed E-state index contributed by atoms with van der Waals surface area (Å²) in [6.45, 7) is -2.89. The fraction of sp³-hybridized carbons (Fsp3) is 0.235. The minimum Gasteiger partial charge on any atom is -0.494 e. The summed E-state index contributed by atoms with van der Waals surface area (Å²) in [5.41, 5.74) is 1.22. The Morgan fingerprint density at radius 2 is 1.92 bits per heavy atom. The van der Waals surface area contributed by atoms with Gasteiger partial charge in [0.25, 0.3) is 0 Å². The summed E-state index contributed by atoms with van der Waals surface area (Å²) in [5.74, 6) is 0.130. The molecule has 0 fully saturated rings. The first-order valence-electron chi connectivity index (χ1n) is 7.23. The highest BCUT2D eigenvalue weighted by molar-refractivity contribution is 7.99. The Labute approximate surface area is 147 Å². The number of rotatable bonds is 8. The summed E-state index contributed by atoms with van der Waals surface area (Å²) >= 11 is 1.32. The minimum absolute atomic E-state index is 0.0175. The van der Waals surface area contributed by atoms with Crippen molar-refractivity contribution in [1.29, 1.82) is 0 Å². The second-order valence-corrected chi connectivity index (χ2v) is 5.90. The van der Waals surface area contributed by atoms with Crippen molar-refractivity contribution in [3.8, 4) is 11.5 Å². The monoisotopic (exact) mass is 371 g/mol. The zero-order chi connectivity index (χ0) is 18.2. The molecule has 2 rings (SSSR count). The highest BCUT2D eigenvalue weighted by Gasteiger charge is 2.07. The van der Waals surface area contributed by atoms with Crippen molar-refractivity contribution < 1.29 is 27.4 Å². The number of amides is 1. The van der Waals surface area contributed by atoms with Crippen molar-refractivity contribution >= 4 is 23.4 Å². The molecule has 25 heavy (non-hydrogen) atoms. The molecule has 4 nitrogen and oxygen atoms in total. The van der Waals surface area contributed by atoms with E-state index in [9.17, 15) is 18.0 Å². The molecule has 0 heterocycles. The van der Waals surface area contributed by atoms with E-state index >= 15 is 0 Å². The molecule has 0 aliphatic heterocycles. The first kappa shape index (κ1) is 19.0. The van der Waals surface area contributed by atoms with Crippen molar-refractivity contribution in [1.82, 2.24) is 0 Å². The van der Waals surface area contributed by atoms with Crippen LogP contribution in [0.1, 0.15) is 5.56 Å². The third-order valence-corrected chi connectivity index (χ3v) is 4.09. The number of hydrogen-bond donors (Lipinski definition) is 1. The van der Waals surface area contributed by atoms with Crippen LogP contribution in [0.25, 0.3) is 0 Å². The van der Waals surface area contributed by atoms with E-state index in [1.54, 1.807) is 6.07 Å². The maximum atomic E-state index is 13.6. The van der Waals surface area contributed by atoms with Crippen molar-refractivity contribution in [3.05, 3.63) is 53.8 Å². The average Bonchev–Trinajstić information content (AvgIpc) is 2.56. The van der Waals surface area contributed by atoms with Gasteiger partial charge < -0.3 is 14.8 Å². The largest absolute Gasteiger partial charge is 0.494 e. The maximum Gasteiger partial charge on any atom is 0.387 e. The Bertz CT molecular complexity index is 711. The number of benzene rings is 2. The van der Waals surface area contributed by atoms with Crippen LogP contribution >= 0.6 is 11.8 Å². The van der Waals surface area contributed by atoms with E-state index in [2.05, 4.69) is 10.1 Å². The number of halogens is 3. The van der Waals surface area contributed by atoms with Crippen LogP contribution in [0.4, 0.5) is 18.9 Å². The number of thioether (sulfide) groups is 1. The molecule has 1 amide bonds. The zero-order valence-corrected chi connectivity index (χ0v) is 14.1. The van der Waals surface area contributed by atoms with Gasteiger partial charge in [0.05, 0.1) is 12.9 Å². The Morgan fingerprint density at radius 1 is 1.20 bits per heavy atom. The molecule has 0 saturated carbocycles. The Balaban J connectivity index is 1.77. The molecule has 0 aliphatic carbocycles. The summed E-state index contributed by atoms with van der Waals surface area (Å²) in [4.78, 5) is 11.9. The minimum atomic E-state index is -2.89. The average molecular weight is 371 g/mol. The van der Waals surface area contributed by atoms with Crippen molar-refractivity contribution in [2.45, 2.75) is 12.4 Å². The van der Waals surface area contributed by atoms with Gasteiger partial charge in [-0.3, -0.25) is 4.79 Å². The van der Waals surface area contributed by atoms with Gasteiger partial charge in [-0.05, 0) is 42.0 Å². The summed E-state index contributed by atoms with van der Waals surface area (Å²) < 4.78 is 46.7. The summed E-state index contributed by atoms with van der Waals surface area (Å²) in [5, 5.41) is 2.64. The molecule has 0 atom stereocenters. The van der Waals surface area contributed by atoms with E-state index in [1.165, 1.54) is 55.3 Å². The standard InChI is InChI=1S/C17H16F3NO3S/c1-23-15-7-2-11(8-14(15)18)9-25-10-16(22)21-12-3-5-13(6-4-12)24-17(19)20/h2-8,17H,9-10H2,1H3,(H,21,22). The normalized spacial score (nSPS) is 10.6. The molecule has 0 saturated heterocycles. The predicted octanol–water partition coefficient (Wildman–Crippen LogP) is 4.31. The number of hydrogen-bond acceptors (Lipinski definition) is 4. The molecule has 2 aromatic rings. The number of methoxy groups -OCH3 is 1. The highest BCUT2D eigenvalue weighted by atomic mass is 32.2. The van der Waals surface area contributed by atoms with Gasteiger partial charge in [0, 0.05) is 11.4 Å². The first-order chi connectivity index (χ1) is 12.0. The van der Waals surface area contributed by atoms with Crippen LogP contribution in [-0.4, -0.2) is 25.4 Å². The van der Waals surface area contributed by atoms with Gasteiger partial charge >= 0.3 is 6.61 Å². The van der Waals surface area contributed by atoms with E-state index in [1.807, 2.05) is 0 Å². The maximum absolute atomic E-state index is 13.6. The van der Waals surface area contributed by atoms with Crippen LogP contribution in [0.15, 0.2) is 42.5 Å². The van der Waals surface area contributed by atoms with Gasteiger partial charge in [0.2, 0.25) is 5.91 Å². The lowest BCUT2D eigenvalue weighted by atomic mass is 10.2. The molecular formula is C17H16F3NO3S. The third kappa shape index (κ3) is 6.22. The molecule has 0 aliphatic rings. The van der Waals surface area contributed by atoms with E-state index in [4.69, 9.17) is 4.74 Å². The molecule has 0 aromatic heterocycles. The number of carbonyl (C=O) groups is 1. The van der Waals surface area contributed by atoms with E-state index in [0.29, 0.717) is 11.4 Å². The van der Waals surface area contributed by atoms with E-state index in [0.717, 1.165) is 5.56 Å². The van der Waals surface area contributed by atoms with Crippen molar-refractivity contribution in [2.24, 2.45) is 0 Å². The Morgan fingerprint density at radius 3 is 2.52 bits per heavy atom. The zero-order valence-electron chi connectivity index (χ0n) is 13.3. The quantitative estimate of drug-likeness (QED) is 0.751. The smallest absolute Gasteiger partial charge is 0.387 e. The fourth-order valence-electron chi connectivity index (χ4n) is 1.98. The Hall–Kier alpha value is -2.35. The van der Waals surface area contributed by atoms with Gasteiger partial charge in [-0.2, -0.15) is 8.78 Å². The topological polar surface area (TPSA) is 47.6 Å². The van der Waals surface area contributed by atoms with Crippen LogP contribution in [0.2, 0.25) is 0 Å². The highest BCUT2D eigenvalue weighted by Crippen LogP contribution is 2.21. The number of alkyl halides is 2. The van der Waals surface area contributed by atoms with E-state index < -0.39 is 12.4 Å². The molecule has 1 N–H and O–H groups in total. The molecule has 0 spiro atoms. The molecule has 0 bridgehead atoms. The number of ether oxygens (including phenoxy) is 2. The molecular weight excluding hydrogens is 355 g/mol. The second kappa shape index (κ2) is 9.22.